The lowest BCUT2D eigenvalue weighted by Gasteiger charge is -2.32. The lowest BCUT2D eigenvalue weighted by molar-refractivity contribution is -0.384. The van der Waals surface area contributed by atoms with Gasteiger partial charge >= 0.3 is 5.97 Å². The largest absolute Gasteiger partial charge is 0.467 e. The molecule has 1 aliphatic heterocycles. The van der Waals surface area contributed by atoms with Crippen LogP contribution in [0.3, 0.4) is 0 Å². The number of ether oxygens (including phenoxy) is 2. The second kappa shape index (κ2) is 5.83. The van der Waals surface area contributed by atoms with Crippen LogP contribution in [0.15, 0.2) is 18.2 Å². The van der Waals surface area contributed by atoms with Gasteiger partial charge in [0, 0.05) is 18.7 Å². The fourth-order valence-electron chi connectivity index (χ4n) is 2.05. The Labute approximate surface area is 114 Å². The Bertz CT molecular complexity index is 537. The minimum absolute atomic E-state index is 0.0803. The summed E-state index contributed by atoms with van der Waals surface area (Å²) in [6.45, 7) is 0.613. The van der Waals surface area contributed by atoms with Gasteiger partial charge in [-0.2, -0.15) is 0 Å². The number of anilines is 1. The second-order valence-corrected chi connectivity index (χ2v) is 4.22. The topological polar surface area (TPSA) is 81.9 Å². The molecule has 1 aromatic rings. The molecule has 1 aliphatic rings. The van der Waals surface area contributed by atoms with Crippen LogP contribution in [0.5, 0.6) is 0 Å². The van der Waals surface area contributed by atoms with Crippen molar-refractivity contribution < 1.29 is 23.6 Å². The molecule has 0 aromatic heterocycles. The summed E-state index contributed by atoms with van der Waals surface area (Å²) >= 11 is 0. The Kier molecular flexibility index (Phi) is 4.14. The maximum Gasteiger partial charge on any atom is 0.336 e. The van der Waals surface area contributed by atoms with Crippen molar-refractivity contribution in [1.82, 2.24) is 0 Å². The summed E-state index contributed by atoms with van der Waals surface area (Å²) in [5.41, 5.74) is -0.0795. The van der Waals surface area contributed by atoms with Crippen molar-refractivity contribution in [2.24, 2.45) is 0 Å². The van der Waals surface area contributed by atoms with Gasteiger partial charge < -0.3 is 14.4 Å². The molecule has 7 nitrogen and oxygen atoms in total. The number of benzene rings is 1. The average molecular weight is 284 g/mol. The third-order valence-corrected chi connectivity index (χ3v) is 3.01. The molecule has 1 heterocycles. The Morgan fingerprint density at radius 1 is 1.60 bits per heavy atom. The van der Waals surface area contributed by atoms with Gasteiger partial charge in [-0.05, 0) is 6.07 Å². The predicted molar refractivity (Wildman–Crippen MR) is 67.0 cm³/mol. The molecule has 1 saturated heterocycles. The van der Waals surface area contributed by atoms with Gasteiger partial charge in [0.1, 0.15) is 11.5 Å². The zero-order valence-corrected chi connectivity index (χ0v) is 10.7. The van der Waals surface area contributed by atoms with Gasteiger partial charge in [0.05, 0.1) is 25.2 Å². The first-order valence-corrected chi connectivity index (χ1v) is 5.91. The number of morpholine rings is 1. The first-order valence-electron chi connectivity index (χ1n) is 5.91. The molecule has 8 heteroatoms. The fourth-order valence-corrected chi connectivity index (χ4v) is 2.05. The van der Waals surface area contributed by atoms with E-state index in [1.54, 1.807) is 4.90 Å². The van der Waals surface area contributed by atoms with E-state index in [4.69, 9.17) is 4.74 Å². The highest BCUT2D eigenvalue weighted by molar-refractivity contribution is 5.76. The van der Waals surface area contributed by atoms with Crippen molar-refractivity contribution in [1.29, 1.82) is 0 Å². The third kappa shape index (κ3) is 2.85. The maximum absolute atomic E-state index is 13.3. The molecule has 0 aliphatic carbocycles. The van der Waals surface area contributed by atoms with Crippen molar-refractivity contribution in [3.8, 4) is 0 Å². The molecule has 108 valence electrons. The third-order valence-electron chi connectivity index (χ3n) is 3.01. The number of hydrogen-bond acceptors (Lipinski definition) is 6. The van der Waals surface area contributed by atoms with E-state index < -0.39 is 22.8 Å². The lowest BCUT2D eigenvalue weighted by Crippen LogP contribution is -2.46. The number of halogens is 1. The van der Waals surface area contributed by atoms with Crippen LogP contribution in [-0.4, -0.2) is 43.8 Å². The van der Waals surface area contributed by atoms with Gasteiger partial charge in [0.25, 0.3) is 5.69 Å². The summed E-state index contributed by atoms with van der Waals surface area (Å²) in [5, 5.41) is 11.0. The molecule has 2 rings (SSSR count). The number of rotatable bonds is 3. The van der Waals surface area contributed by atoms with E-state index in [1.165, 1.54) is 7.11 Å². The highest BCUT2D eigenvalue weighted by atomic mass is 19.1. The quantitative estimate of drug-likeness (QED) is 0.470. The SMILES string of the molecule is COC(=O)C1CN(c2cc(F)ccc2[N+](=O)[O-])CCO1. The Balaban J connectivity index is 2.28. The number of nitrogens with zero attached hydrogens (tertiary/aromatic N) is 2. The smallest absolute Gasteiger partial charge is 0.336 e. The monoisotopic (exact) mass is 284 g/mol. The van der Waals surface area contributed by atoms with Gasteiger partial charge in [0.2, 0.25) is 0 Å². The normalized spacial score (nSPS) is 18.7. The highest BCUT2D eigenvalue weighted by Crippen LogP contribution is 2.30. The van der Waals surface area contributed by atoms with Crippen LogP contribution >= 0.6 is 0 Å². The molecule has 20 heavy (non-hydrogen) atoms. The molecular weight excluding hydrogens is 271 g/mol. The minimum Gasteiger partial charge on any atom is -0.467 e. The van der Waals surface area contributed by atoms with Crippen molar-refractivity contribution in [3.63, 3.8) is 0 Å². The van der Waals surface area contributed by atoms with E-state index in [0.717, 1.165) is 18.2 Å². The standard InChI is InChI=1S/C12H13FN2O5/c1-19-12(16)11-7-14(4-5-20-11)10-6-8(13)2-3-9(10)15(17)18/h2-3,6,11H,4-5,7H2,1H3. The number of methoxy groups -OCH3 is 1. The van der Waals surface area contributed by atoms with Gasteiger partial charge in [-0.25, -0.2) is 9.18 Å². The molecule has 1 unspecified atom stereocenters. The summed E-state index contributed by atoms with van der Waals surface area (Å²) in [5.74, 6) is -1.14. The molecule has 0 bridgehead atoms. The minimum atomic E-state index is -0.836. The van der Waals surface area contributed by atoms with Gasteiger partial charge in [-0.3, -0.25) is 10.1 Å². The summed E-state index contributed by atoms with van der Waals surface area (Å²) < 4.78 is 23.1. The van der Waals surface area contributed by atoms with E-state index >= 15 is 0 Å². The van der Waals surface area contributed by atoms with Crippen LogP contribution in [0.1, 0.15) is 0 Å². The number of carbonyl (C=O) groups excluding carboxylic acids is 1. The summed E-state index contributed by atoms with van der Waals surface area (Å²) in [4.78, 5) is 23.4. The van der Waals surface area contributed by atoms with Crippen LogP contribution in [0.25, 0.3) is 0 Å². The molecule has 0 saturated carbocycles. The molecule has 1 fully saturated rings. The molecule has 1 atom stereocenters. The summed E-state index contributed by atoms with van der Waals surface area (Å²) in [7, 11) is 1.23. The Morgan fingerprint density at radius 3 is 3.00 bits per heavy atom. The molecule has 0 spiro atoms. The van der Waals surface area contributed by atoms with Crippen LogP contribution in [0.2, 0.25) is 0 Å². The number of hydrogen-bond donors (Lipinski definition) is 0. The summed E-state index contributed by atoms with van der Waals surface area (Å²) in [6, 6.07) is 3.21. The Morgan fingerprint density at radius 2 is 2.35 bits per heavy atom. The van der Waals surface area contributed by atoms with Gasteiger partial charge in [-0.1, -0.05) is 0 Å². The number of nitro benzene ring substituents is 1. The van der Waals surface area contributed by atoms with E-state index in [2.05, 4.69) is 4.74 Å². The molecule has 0 N–H and O–H groups in total. The van der Waals surface area contributed by atoms with Crippen molar-refractivity contribution in [2.75, 3.05) is 31.7 Å². The van der Waals surface area contributed by atoms with E-state index in [0.29, 0.717) is 6.54 Å². The Hall–Kier alpha value is -2.22. The fraction of sp³-hybridized carbons (Fsp3) is 0.417. The lowest BCUT2D eigenvalue weighted by atomic mass is 10.2. The molecular formula is C12H13FN2O5. The average Bonchev–Trinajstić information content (AvgIpc) is 2.46. The number of nitro groups is 1. The van der Waals surface area contributed by atoms with Crippen molar-refractivity contribution in [3.05, 3.63) is 34.1 Å². The number of esters is 1. The van der Waals surface area contributed by atoms with E-state index in [-0.39, 0.29) is 24.5 Å². The van der Waals surface area contributed by atoms with Gasteiger partial charge in [0.15, 0.2) is 6.10 Å². The van der Waals surface area contributed by atoms with Gasteiger partial charge in [-0.15, -0.1) is 0 Å². The van der Waals surface area contributed by atoms with Crippen molar-refractivity contribution in [2.45, 2.75) is 6.10 Å². The highest BCUT2D eigenvalue weighted by Gasteiger charge is 2.30. The molecule has 1 aromatic carbocycles. The van der Waals surface area contributed by atoms with Crippen LogP contribution in [0, 0.1) is 15.9 Å². The van der Waals surface area contributed by atoms with Crippen LogP contribution in [-0.2, 0) is 14.3 Å². The number of carbonyl (C=O) groups is 1. The molecule has 0 amide bonds. The first-order chi connectivity index (χ1) is 9.52. The van der Waals surface area contributed by atoms with E-state index in [9.17, 15) is 19.3 Å². The zero-order valence-electron chi connectivity index (χ0n) is 10.7. The van der Waals surface area contributed by atoms with E-state index in [1.807, 2.05) is 0 Å². The van der Waals surface area contributed by atoms with Crippen LogP contribution < -0.4 is 4.90 Å². The first kappa shape index (κ1) is 14.2. The zero-order chi connectivity index (χ0) is 14.7. The summed E-state index contributed by atoms with van der Waals surface area (Å²) in [6.07, 6.45) is -0.836. The predicted octanol–water partition coefficient (Wildman–Crippen LogP) is 1.11. The van der Waals surface area contributed by atoms with Crippen molar-refractivity contribution >= 4 is 17.3 Å². The van der Waals surface area contributed by atoms with Crippen LogP contribution in [0.4, 0.5) is 15.8 Å². The maximum atomic E-state index is 13.3. The second-order valence-electron chi connectivity index (χ2n) is 4.22. The molecule has 0 radical (unpaired) electrons.